The lowest BCUT2D eigenvalue weighted by Gasteiger charge is -2.30. The zero-order chi connectivity index (χ0) is 19.8. The Hall–Kier alpha value is -2.66. The summed E-state index contributed by atoms with van der Waals surface area (Å²) in [7, 11) is 1.66. The molecular formula is C23H28N2O3. The lowest BCUT2D eigenvalue weighted by molar-refractivity contribution is -0.122. The Bertz CT molecular complexity index is 783. The molecule has 1 aliphatic rings. The Morgan fingerprint density at radius 2 is 1.71 bits per heavy atom. The fraction of sp³-hybridized carbons (Fsp3) is 0.391. The first kappa shape index (κ1) is 20.1. The summed E-state index contributed by atoms with van der Waals surface area (Å²) in [5.74, 6) is 1.17. The molecule has 28 heavy (non-hydrogen) atoms. The highest BCUT2D eigenvalue weighted by atomic mass is 16.5. The van der Waals surface area contributed by atoms with Gasteiger partial charge in [-0.25, -0.2) is 0 Å². The summed E-state index contributed by atoms with van der Waals surface area (Å²) in [6.45, 7) is 2.53. The number of nitrogens with one attached hydrogen (secondary N) is 1. The summed E-state index contributed by atoms with van der Waals surface area (Å²) in [6, 6.07) is 17.3. The second-order valence-corrected chi connectivity index (χ2v) is 7.19. The maximum absolute atomic E-state index is 12.5. The number of para-hydroxylation sites is 1. The molecule has 2 aromatic rings. The molecule has 0 saturated carbocycles. The van der Waals surface area contributed by atoms with Crippen LogP contribution in [0.5, 0.6) is 5.75 Å². The highest BCUT2D eigenvalue weighted by molar-refractivity contribution is 5.97. The number of ether oxygens (including phenoxy) is 1. The predicted octanol–water partition coefficient (Wildman–Crippen LogP) is 2.95. The van der Waals surface area contributed by atoms with Crippen molar-refractivity contribution in [2.75, 3.05) is 33.3 Å². The first-order valence-corrected chi connectivity index (χ1v) is 9.87. The summed E-state index contributed by atoms with van der Waals surface area (Å²) >= 11 is 0. The normalized spacial score (nSPS) is 15.2. The van der Waals surface area contributed by atoms with E-state index in [9.17, 15) is 9.59 Å². The molecule has 3 rings (SSSR count). The number of carbonyl (C=O) groups excluding carboxylic acids is 2. The van der Waals surface area contributed by atoms with E-state index in [1.165, 1.54) is 0 Å². The van der Waals surface area contributed by atoms with Gasteiger partial charge in [0.1, 0.15) is 5.75 Å². The molecule has 1 N–H and O–H groups in total. The number of nitrogens with zero attached hydrogens (tertiary/aromatic N) is 1. The third-order valence-electron chi connectivity index (χ3n) is 5.29. The molecule has 1 fully saturated rings. The molecule has 1 aliphatic heterocycles. The smallest absolute Gasteiger partial charge is 0.234 e. The Kier molecular flexibility index (Phi) is 7.20. The van der Waals surface area contributed by atoms with Crippen LogP contribution >= 0.6 is 0 Å². The van der Waals surface area contributed by atoms with Crippen molar-refractivity contribution in [3.05, 3.63) is 65.7 Å². The van der Waals surface area contributed by atoms with Crippen LogP contribution in [0.3, 0.4) is 0 Å². The third kappa shape index (κ3) is 5.42. The minimum Gasteiger partial charge on any atom is -0.496 e. The van der Waals surface area contributed by atoms with E-state index in [0.717, 1.165) is 49.2 Å². The molecule has 5 nitrogen and oxygen atoms in total. The largest absolute Gasteiger partial charge is 0.496 e. The van der Waals surface area contributed by atoms with Crippen LogP contribution < -0.4 is 10.1 Å². The highest BCUT2D eigenvalue weighted by Crippen LogP contribution is 2.21. The number of hydrogen-bond donors (Lipinski definition) is 1. The number of amides is 1. The van der Waals surface area contributed by atoms with Crippen LogP contribution in [0.2, 0.25) is 0 Å². The van der Waals surface area contributed by atoms with Crippen LogP contribution in [0, 0.1) is 5.92 Å². The van der Waals surface area contributed by atoms with Crippen LogP contribution in [0.15, 0.2) is 54.6 Å². The molecule has 148 valence electrons. The van der Waals surface area contributed by atoms with E-state index in [1.807, 2.05) is 54.6 Å². The summed E-state index contributed by atoms with van der Waals surface area (Å²) < 4.78 is 5.34. The van der Waals surface area contributed by atoms with Crippen molar-refractivity contribution in [2.45, 2.75) is 19.3 Å². The Morgan fingerprint density at radius 1 is 1.04 bits per heavy atom. The number of ketones is 1. The first-order valence-electron chi connectivity index (χ1n) is 9.87. The second kappa shape index (κ2) is 10.0. The van der Waals surface area contributed by atoms with Crippen molar-refractivity contribution in [1.82, 2.24) is 10.2 Å². The second-order valence-electron chi connectivity index (χ2n) is 7.19. The van der Waals surface area contributed by atoms with Gasteiger partial charge in [0.05, 0.1) is 13.7 Å². The summed E-state index contributed by atoms with van der Waals surface area (Å²) in [5.41, 5.74) is 1.88. The van der Waals surface area contributed by atoms with Gasteiger partial charge in [0.25, 0.3) is 0 Å². The predicted molar refractivity (Wildman–Crippen MR) is 110 cm³/mol. The van der Waals surface area contributed by atoms with Crippen molar-refractivity contribution in [2.24, 2.45) is 5.92 Å². The van der Waals surface area contributed by atoms with E-state index < -0.39 is 0 Å². The molecule has 1 heterocycles. The summed E-state index contributed by atoms with van der Waals surface area (Å²) in [4.78, 5) is 26.9. The first-order chi connectivity index (χ1) is 13.7. The number of rotatable bonds is 8. The highest BCUT2D eigenvalue weighted by Gasteiger charge is 2.26. The van der Waals surface area contributed by atoms with Crippen molar-refractivity contribution < 1.29 is 14.3 Å². The van der Waals surface area contributed by atoms with Crippen molar-refractivity contribution in [1.29, 1.82) is 0 Å². The van der Waals surface area contributed by atoms with Gasteiger partial charge in [-0.3, -0.25) is 14.5 Å². The molecule has 0 spiro atoms. The maximum Gasteiger partial charge on any atom is 0.234 e. The Balaban J connectivity index is 1.38. The lowest BCUT2D eigenvalue weighted by atomic mass is 9.89. The molecule has 0 radical (unpaired) electrons. The summed E-state index contributed by atoms with van der Waals surface area (Å²) in [6.07, 6.45) is 2.36. The zero-order valence-corrected chi connectivity index (χ0v) is 16.4. The average Bonchev–Trinajstić information content (AvgIpc) is 2.75. The Labute approximate surface area is 166 Å². The van der Waals surface area contributed by atoms with Gasteiger partial charge >= 0.3 is 0 Å². The van der Waals surface area contributed by atoms with Gasteiger partial charge in [-0.05, 0) is 44.0 Å². The minimum absolute atomic E-state index is 0.0303. The van der Waals surface area contributed by atoms with Crippen molar-refractivity contribution in [3.63, 3.8) is 0 Å². The van der Waals surface area contributed by atoms with Crippen LogP contribution in [0.1, 0.15) is 28.8 Å². The quantitative estimate of drug-likeness (QED) is 0.716. The van der Waals surface area contributed by atoms with Crippen LogP contribution in [-0.4, -0.2) is 49.9 Å². The minimum atomic E-state index is 0.0303. The molecule has 0 aliphatic carbocycles. The van der Waals surface area contributed by atoms with Gasteiger partial charge in [-0.15, -0.1) is 0 Å². The maximum atomic E-state index is 12.5. The zero-order valence-electron chi connectivity index (χ0n) is 16.4. The van der Waals surface area contributed by atoms with Gasteiger partial charge in [0.15, 0.2) is 5.78 Å². The van der Waals surface area contributed by atoms with Gasteiger partial charge in [-0.2, -0.15) is 0 Å². The van der Waals surface area contributed by atoms with E-state index in [2.05, 4.69) is 10.2 Å². The molecule has 0 unspecified atom stereocenters. The standard InChI is InChI=1S/C23H28N2O3/c1-28-21-10-6-5-7-18(21)11-14-24-22(26)17-25-15-12-20(13-16-25)23(27)19-8-3-2-4-9-19/h2-10,20H,11-17H2,1H3,(H,24,26). The molecule has 0 aromatic heterocycles. The molecule has 5 heteroatoms. The van der Waals surface area contributed by atoms with Crippen LogP contribution in [0.4, 0.5) is 0 Å². The van der Waals surface area contributed by atoms with Gasteiger partial charge < -0.3 is 10.1 Å². The van der Waals surface area contributed by atoms with E-state index in [1.54, 1.807) is 7.11 Å². The lowest BCUT2D eigenvalue weighted by Crippen LogP contribution is -2.43. The molecule has 0 bridgehead atoms. The number of hydrogen-bond acceptors (Lipinski definition) is 4. The Morgan fingerprint density at radius 3 is 2.43 bits per heavy atom. The van der Waals surface area contributed by atoms with Gasteiger partial charge in [0.2, 0.25) is 5.91 Å². The molecular weight excluding hydrogens is 352 g/mol. The SMILES string of the molecule is COc1ccccc1CCNC(=O)CN1CCC(C(=O)c2ccccc2)CC1. The van der Waals surface area contributed by atoms with Crippen molar-refractivity contribution in [3.8, 4) is 5.75 Å². The molecule has 2 aromatic carbocycles. The number of Topliss-reactive ketones (excluding diaryl/α,β-unsaturated/α-hetero) is 1. The van der Waals surface area contributed by atoms with E-state index >= 15 is 0 Å². The fourth-order valence-corrected chi connectivity index (χ4v) is 3.70. The number of carbonyl (C=O) groups is 2. The number of likely N-dealkylation sites (tertiary alicyclic amines) is 1. The number of benzene rings is 2. The summed E-state index contributed by atoms with van der Waals surface area (Å²) in [5, 5.41) is 2.99. The van der Waals surface area contributed by atoms with E-state index in [0.29, 0.717) is 13.1 Å². The third-order valence-corrected chi connectivity index (χ3v) is 5.29. The molecule has 1 amide bonds. The monoisotopic (exact) mass is 380 g/mol. The van der Waals surface area contributed by atoms with Crippen LogP contribution in [-0.2, 0) is 11.2 Å². The fourth-order valence-electron chi connectivity index (χ4n) is 3.70. The topological polar surface area (TPSA) is 58.6 Å². The van der Waals surface area contributed by atoms with Crippen molar-refractivity contribution >= 4 is 11.7 Å². The van der Waals surface area contributed by atoms with Crippen LogP contribution in [0.25, 0.3) is 0 Å². The van der Waals surface area contributed by atoms with Gasteiger partial charge in [-0.1, -0.05) is 48.5 Å². The van der Waals surface area contributed by atoms with Gasteiger partial charge in [0, 0.05) is 18.0 Å². The molecule has 1 saturated heterocycles. The number of piperidine rings is 1. The number of methoxy groups -OCH3 is 1. The van der Waals surface area contributed by atoms with E-state index in [-0.39, 0.29) is 17.6 Å². The van der Waals surface area contributed by atoms with E-state index in [4.69, 9.17) is 4.74 Å². The molecule has 0 atom stereocenters. The average molecular weight is 380 g/mol.